The van der Waals surface area contributed by atoms with Crippen molar-refractivity contribution < 1.29 is 19.4 Å². The summed E-state index contributed by atoms with van der Waals surface area (Å²) in [6.45, 7) is 2.79. The van der Waals surface area contributed by atoms with Gasteiger partial charge in [-0.3, -0.25) is 14.5 Å². The number of rotatable bonds is 7. The molecule has 0 aromatic heterocycles. The molecular formula is C12H22N2O4. The van der Waals surface area contributed by atoms with E-state index in [1.807, 2.05) is 4.90 Å². The van der Waals surface area contributed by atoms with Gasteiger partial charge in [-0.1, -0.05) is 0 Å². The molecule has 0 aliphatic carbocycles. The average Bonchev–Trinajstić information content (AvgIpc) is 2.35. The van der Waals surface area contributed by atoms with Crippen LogP contribution in [0.25, 0.3) is 0 Å². The summed E-state index contributed by atoms with van der Waals surface area (Å²) >= 11 is 0. The molecule has 0 aromatic rings. The molecule has 1 fully saturated rings. The number of ether oxygens (including phenoxy) is 1. The molecular weight excluding hydrogens is 236 g/mol. The minimum atomic E-state index is -0.764. The Morgan fingerprint density at radius 2 is 2.28 bits per heavy atom. The SMILES string of the molecule is COCCCNC(=O)CN1CCCC(C(=O)O)C1. The van der Waals surface area contributed by atoms with Gasteiger partial charge in [-0.25, -0.2) is 0 Å². The Bertz CT molecular complexity index is 283. The van der Waals surface area contributed by atoms with E-state index in [2.05, 4.69) is 5.32 Å². The van der Waals surface area contributed by atoms with Crippen molar-refractivity contribution in [1.29, 1.82) is 0 Å². The number of nitrogens with one attached hydrogen (secondary N) is 1. The van der Waals surface area contributed by atoms with Crippen LogP contribution in [0.5, 0.6) is 0 Å². The Morgan fingerprint density at radius 3 is 2.94 bits per heavy atom. The van der Waals surface area contributed by atoms with E-state index in [1.165, 1.54) is 0 Å². The fraction of sp³-hybridized carbons (Fsp3) is 0.833. The number of amides is 1. The number of carbonyl (C=O) groups excluding carboxylic acids is 1. The molecule has 18 heavy (non-hydrogen) atoms. The van der Waals surface area contributed by atoms with Crippen molar-refractivity contribution >= 4 is 11.9 Å². The van der Waals surface area contributed by atoms with E-state index in [0.717, 1.165) is 19.4 Å². The number of nitrogens with zero attached hydrogens (tertiary/aromatic N) is 1. The molecule has 6 nitrogen and oxygen atoms in total. The number of hydrogen-bond acceptors (Lipinski definition) is 4. The Balaban J connectivity index is 2.20. The van der Waals surface area contributed by atoms with Crippen LogP contribution in [0.3, 0.4) is 0 Å². The van der Waals surface area contributed by atoms with Gasteiger partial charge in [-0.15, -0.1) is 0 Å². The van der Waals surface area contributed by atoms with Crippen LogP contribution in [0.4, 0.5) is 0 Å². The first-order valence-corrected chi connectivity index (χ1v) is 6.34. The summed E-state index contributed by atoms with van der Waals surface area (Å²) in [4.78, 5) is 24.4. The highest BCUT2D eigenvalue weighted by Gasteiger charge is 2.26. The highest BCUT2D eigenvalue weighted by molar-refractivity contribution is 5.78. The fourth-order valence-electron chi connectivity index (χ4n) is 2.10. The molecule has 0 spiro atoms. The van der Waals surface area contributed by atoms with Crippen LogP contribution in [-0.4, -0.2) is 61.8 Å². The van der Waals surface area contributed by atoms with Crippen LogP contribution < -0.4 is 5.32 Å². The van der Waals surface area contributed by atoms with Crippen LogP contribution in [0, 0.1) is 5.92 Å². The number of carbonyl (C=O) groups is 2. The van der Waals surface area contributed by atoms with Crippen LogP contribution in [0.15, 0.2) is 0 Å². The predicted octanol–water partition coefficient (Wildman–Crippen LogP) is -0.0643. The van der Waals surface area contributed by atoms with Crippen LogP contribution >= 0.6 is 0 Å². The number of carboxylic acid groups (broad SMARTS) is 1. The van der Waals surface area contributed by atoms with E-state index in [-0.39, 0.29) is 18.4 Å². The summed E-state index contributed by atoms with van der Waals surface area (Å²) in [5.74, 6) is -1.14. The van der Waals surface area contributed by atoms with Crippen molar-refractivity contribution in [2.75, 3.05) is 39.9 Å². The zero-order valence-electron chi connectivity index (χ0n) is 10.9. The molecule has 1 atom stereocenters. The van der Waals surface area contributed by atoms with Crippen molar-refractivity contribution in [3.05, 3.63) is 0 Å². The molecule has 0 bridgehead atoms. The zero-order chi connectivity index (χ0) is 13.4. The molecule has 6 heteroatoms. The van der Waals surface area contributed by atoms with E-state index in [4.69, 9.17) is 9.84 Å². The Morgan fingerprint density at radius 1 is 1.50 bits per heavy atom. The monoisotopic (exact) mass is 258 g/mol. The first kappa shape index (κ1) is 14.9. The number of methoxy groups -OCH3 is 1. The van der Waals surface area contributed by atoms with Gasteiger partial charge in [0.1, 0.15) is 0 Å². The molecule has 0 aromatic carbocycles. The predicted molar refractivity (Wildman–Crippen MR) is 66.3 cm³/mol. The highest BCUT2D eigenvalue weighted by atomic mass is 16.5. The van der Waals surface area contributed by atoms with Crippen molar-refractivity contribution in [2.45, 2.75) is 19.3 Å². The highest BCUT2D eigenvalue weighted by Crippen LogP contribution is 2.15. The number of aliphatic carboxylic acids is 1. The minimum Gasteiger partial charge on any atom is -0.481 e. The first-order valence-electron chi connectivity index (χ1n) is 6.34. The van der Waals surface area contributed by atoms with Gasteiger partial charge in [0.2, 0.25) is 5.91 Å². The Labute approximate surface area is 107 Å². The lowest BCUT2D eigenvalue weighted by molar-refractivity contribution is -0.144. The largest absolute Gasteiger partial charge is 0.481 e. The van der Waals surface area contributed by atoms with E-state index in [1.54, 1.807) is 7.11 Å². The van der Waals surface area contributed by atoms with Gasteiger partial charge in [-0.05, 0) is 25.8 Å². The second-order valence-electron chi connectivity index (χ2n) is 4.61. The van der Waals surface area contributed by atoms with Gasteiger partial charge < -0.3 is 15.2 Å². The molecule has 1 aliphatic heterocycles. The van der Waals surface area contributed by atoms with E-state index >= 15 is 0 Å². The molecule has 104 valence electrons. The van der Waals surface area contributed by atoms with Crippen LogP contribution in [0.2, 0.25) is 0 Å². The maximum Gasteiger partial charge on any atom is 0.307 e. The summed E-state index contributed by atoms with van der Waals surface area (Å²) in [6.07, 6.45) is 2.34. The van der Waals surface area contributed by atoms with Crippen molar-refractivity contribution in [2.24, 2.45) is 5.92 Å². The Hall–Kier alpha value is -1.14. The molecule has 1 aliphatic rings. The number of piperidine rings is 1. The third-order valence-corrected chi connectivity index (χ3v) is 3.07. The molecule has 0 saturated carbocycles. The molecule has 1 saturated heterocycles. The molecule has 1 rings (SSSR count). The first-order chi connectivity index (χ1) is 8.63. The molecule has 1 heterocycles. The summed E-state index contributed by atoms with van der Waals surface area (Å²) < 4.78 is 4.89. The lowest BCUT2D eigenvalue weighted by Gasteiger charge is -2.29. The van der Waals surface area contributed by atoms with E-state index in [9.17, 15) is 9.59 Å². The van der Waals surface area contributed by atoms with Gasteiger partial charge in [0.05, 0.1) is 12.5 Å². The molecule has 0 radical (unpaired) electrons. The second-order valence-corrected chi connectivity index (χ2v) is 4.61. The third kappa shape index (κ3) is 5.46. The van der Waals surface area contributed by atoms with Crippen LogP contribution in [0.1, 0.15) is 19.3 Å². The topological polar surface area (TPSA) is 78.9 Å². The zero-order valence-corrected chi connectivity index (χ0v) is 10.9. The number of hydrogen-bond donors (Lipinski definition) is 2. The third-order valence-electron chi connectivity index (χ3n) is 3.07. The lowest BCUT2D eigenvalue weighted by Crippen LogP contribution is -2.44. The summed E-state index contributed by atoms with van der Waals surface area (Å²) in [5, 5.41) is 11.8. The van der Waals surface area contributed by atoms with Crippen LogP contribution in [-0.2, 0) is 14.3 Å². The lowest BCUT2D eigenvalue weighted by atomic mass is 9.98. The van der Waals surface area contributed by atoms with Crippen molar-refractivity contribution in [3.8, 4) is 0 Å². The van der Waals surface area contributed by atoms with E-state index in [0.29, 0.717) is 26.1 Å². The van der Waals surface area contributed by atoms with Gasteiger partial charge in [0.25, 0.3) is 0 Å². The normalized spacial score (nSPS) is 20.6. The maximum atomic E-state index is 11.6. The van der Waals surface area contributed by atoms with Gasteiger partial charge in [0.15, 0.2) is 0 Å². The second kappa shape index (κ2) is 8.05. The maximum absolute atomic E-state index is 11.6. The van der Waals surface area contributed by atoms with Gasteiger partial charge >= 0.3 is 5.97 Å². The average molecular weight is 258 g/mol. The van der Waals surface area contributed by atoms with Gasteiger partial charge in [-0.2, -0.15) is 0 Å². The minimum absolute atomic E-state index is 0.0443. The van der Waals surface area contributed by atoms with E-state index < -0.39 is 5.97 Å². The smallest absolute Gasteiger partial charge is 0.307 e. The summed E-state index contributed by atoms with van der Waals surface area (Å²) in [6, 6.07) is 0. The molecule has 1 unspecified atom stereocenters. The number of carboxylic acids is 1. The van der Waals surface area contributed by atoms with Crippen molar-refractivity contribution in [1.82, 2.24) is 10.2 Å². The standard InChI is InChI=1S/C12H22N2O4/c1-18-7-3-5-13-11(15)9-14-6-2-4-10(8-14)12(16)17/h10H,2-9H2,1H3,(H,13,15)(H,16,17). The van der Waals surface area contributed by atoms with Gasteiger partial charge in [0, 0.05) is 26.8 Å². The summed E-state index contributed by atoms with van der Waals surface area (Å²) in [7, 11) is 1.63. The molecule has 1 amide bonds. The Kier molecular flexibility index (Phi) is 6.67. The number of likely N-dealkylation sites (tertiary alicyclic amines) is 1. The van der Waals surface area contributed by atoms with Crippen molar-refractivity contribution in [3.63, 3.8) is 0 Å². The molecule has 2 N–H and O–H groups in total. The summed E-state index contributed by atoms with van der Waals surface area (Å²) in [5.41, 5.74) is 0. The quantitative estimate of drug-likeness (QED) is 0.625. The fourth-order valence-corrected chi connectivity index (χ4v) is 2.10.